The molecule has 0 N–H and O–H groups in total. The van der Waals surface area contributed by atoms with Crippen LogP contribution in [0.25, 0.3) is 6.08 Å². The second-order valence-corrected chi connectivity index (χ2v) is 6.54. The zero-order valence-corrected chi connectivity index (χ0v) is 14.1. The predicted molar refractivity (Wildman–Crippen MR) is 97.4 cm³/mol. The number of amides is 1. The number of hydrazine groups is 1. The molecule has 3 atom stereocenters. The van der Waals surface area contributed by atoms with Gasteiger partial charge in [0.2, 0.25) is 5.91 Å². The number of hydrogen-bond donors (Lipinski definition) is 0. The van der Waals surface area contributed by atoms with Crippen LogP contribution < -0.4 is 0 Å². The number of nitro groups is 1. The van der Waals surface area contributed by atoms with E-state index in [2.05, 4.69) is 0 Å². The van der Waals surface area contributed by atoms with Crippen LogP contribution in [0, 0.1) is 10.1 Å². The second kappa shape index (κ2) is 6.72. The van der Waals surface area contributed by atoms with Crippen LogP contribution in [0.15, 0.2) is 66.7 Å². The highest BCUT2D eigenvalue weighted by Gasteiger charge is 2.58. The first-order valence-electron chi connectivity index (χ1n) is 8.67. The summed E-state index contributed by atoms with van der Waals surface area (Å²) in [6.45, 7) is 0.510. The average Bonchev–Trinajstić information content (AvgIpc) is 3.19. The molecular formula is C20H19N3O3. The van der Waals surface area contributed by atoms with E-state index < -0.39 is 18.1 Å². The van der Waals surface area contributed by atoms with Crippen molar-refractivity contribution in [3.63, 3.8) is 0 Å². The fourth-order valence-electron chi connectivity index (χ4n) is 3.91. The summed E-state index contributed by atoms with van der Waals surface area (Å²) in [6, 6.07) is 17.0. The molecule has 2 fully saturated rings. The quantitative estimate of drug-likeness (QED) is 0.629. The van der Waals surface area contributed by atoms with Gasteiger partial charge in [0.15, 0.2) is 0 Å². The van der Waals surface area contributed by atoms with Crippen molar-refractivity contribution in [1.82, 2.24) is 10.0 Å². The van der Waals surface area contributed by atoms with Gasteiger partial charge in [0.05, 0.1) is 0 Å². The second-order valence-electron chi connectivity index (χ2n) is 6.54. The van der Waals surface area contributed by atoms with Gasteiger partial charge in [-0.05, 0) is 11.1 Å². The molecule has 0 unspecified atom stereocenters. The molecule has 26 heavy (non-hydrogen) atoms. The number of carbonyl (C=O) groups is 1. The molecular weight excluding hydrogens is 330 g/mol. The number of carbonyl (C=O) groups excluding carboxylic acids is 1. The van der Waals surface area contributed by atoms with E-state index in [1.165, 1.54) is 0 Å². The number of hydrogen-bond acceptors (Lipinski definition) is 4. The Morgan fingerprint density at radius 3 is 2.35 bits per heavy atom. The van der Waals surface area contributed by atoms with E-state index in [4.69, 9.17) is 0 Å². The van der Waals surface area contributed by atoms with Gasteiger partial charge in [-0.25, -0.2) is 5.01 Å². The topological polar surface area (TPSA) is 66.7 Å². The van der Waals surface area contributed by atoms with Gasteiger partial charge < -0.3 is 0 Å². The van der Waals surface area contributed by atoms with E-state index >= 15 is 0 Å². The van der Waals surface area contributed by atoms with Crippen molar-refractivity contribution in [2.24, 2.45) is 0 Å². The normalized spacial score (nSPS) is 25.8. The Morgan fingerprint density at radius 1 is 1.04 bits per heavy atom. The van der Waals surface area contributed by atoms with Crippen molar-refractivity contribution in [1.29, 1.82) is 0 Å². The van der Waals surface area contributed by atoms with Crippen molar-refractivity contribution in [2.75, 3.05) is 6.54 Å². The number of benzene rings is 2. The molecule has 132 valence electrons. The van der Waals surface area contributed by atoms with Crippen LogP contribution in [0.1, 0.15) is 23.6 Å². The largest absolute Gasteiger partial charge is 0.273 e. The summed E-state index contributed by atoms with van der Waals surface area (Å²) in [6.07, 6.45) is 4.15. The van der Waals surface area contributed by atoms with Crippen LogP contribution in [0.2, 0.25) is 0 Å². The van der Waals surface area contributed by atoms with Crippen LogP contribution in [0.4, 0.5) is 0 Å². The number of rotatable bonds is 4. The molecule has 0 bridgehead atoms. The Bertz CT molecular complexity index is 838. The van der Waals surface area contributed by atoms with Crippen LogP contribution in [0.5, 0.6) is 0 Å². The number of nitrogens with zero attached hydrogens (tertiary/aromatic N) is 3. The SMILES string of the molecule is O=C1CCN2[C@H](/C=C/c3ccccc3)[C@@H]([N+](=O)[O-])[C@H](c3ccccc3)N12. The summed E-state index contributed by atoms with van der Waals surface area (Å²) < 4.78 is 0. The van der Waals surface area contributed by atoms with Crippen molar-refractivity contribution >= 4 is 12.0 Å². The van der Waals surface area contributed by atoms with Gasteiger partial charge in [-0.3, -0.25) is 19.9 Å². The van der Waals surface area contributed by atoms with Gasteiger partial charge in [0.1, 0.15) is 12.1 Å². The van der Waals surface area contributed by atoms with E-state index in [9.17, 15) is 14.9 Å². The Hall–Kier alpha value is -2.99. The predicted octanol–water partition coefficient (Wildman–Crippen LogP) is 2.92. The van der Waals surface area contributed by atoms with E-state index in [-0.39, 0.29) is 10.8 Å². The fourth-order valence-corrected chi connectivity index (χ4v) is 3.91. The van der Waals surface area contributed by atoms with E-state index in [1.807, 2.05) is 77.8 Å². The van der Waals surface area contributed by atoms with Gasteiger partial charge >= 0.3 is 0 Å². The monoisotopic (exact) mass is 349 g/mol. The molecule has 6 nitrogen and oxygen atoms in total. The first-order valence-corrected chi connectivity index (χ1v) is 8.67. The minimum absolute atomic E-state index is 0.0543. The van der Waals surface area contributed by atoms with Gasteiger partial charge in [0.25, 0.3) is 6.04 Å². The summed E-state index contributed by atoms with van der Waals surface area (Å²) >= 11 is 0. The zero-order chi connectivity index (χ0) is 18.1. The van der Waals surface area contributed by atoms with E-state index in [0.717, 1.165) is 11.1 Å². The van der Waals surface area contributed by atoms with E-state index in [1.54, 1.807) is 5.01 Å². The molecule has 2 saturated heterocycles. The molecule has 2 aliphatic rings. The molecule has 0 aromatic heterocycles. The summed E-state index contributed by atoms with van der Waals surface area (Å²) in [5.74, 6) is -0.0543. The smallest absolute Gasteiger partial charge is 0.259 e. The van der Waals surface area contributed by atoms with Gasteiger partial charge in [-0.15, -0.1) is 0 Å². The Kier molecular flexibility index (Phi) is 4.26. The van der Waals surface area contributed by atoms with Crippen LogP contribution in [0.3, 0.4) is 0 Å². The molecule has 0 saturated carbocycles. The third-order valence-electron chi connectivity index (χ3n) is 5.04. The molecule has 6 heteroatoms. The highest BCUT2D eigenvalue weighted by Crippen LogP contribution is 2.42. The van der Waals surface area contributed by atoms with Crippen molar-refractivity contribution in [3.05, 3.63) is 88.0 Å². The molecule has 1 amide bonds. The lowest BCUT2D eigenvalue weighted by molar-refractivity contribution is -0.526. The third-order valence-corrected chi connectivity index (χ3v) is 5.04. The van der Waals surface area contributed by atoms with Crippen molar-refractivity contribution < 1.29 is 9.72 Å². The highest BCUT2D eigenvalue weighted by molar-refractivity contribution is 5.79. The highest BCUT2D eigenvalue weighted by atomic mass is 16.6. The molecule has 2 heterocycles. The van der Waals surface area contributed by atoms with Gasteiger partial charge in [-0.1, -0.05) is 72.8 Å². The summed E-state index contributed by atoms with van der Waals surface area (Å²) in [5.41, 5.74) is 1.78. The molecule has 4 rings (SSSR count). The average molecular weight is 349 g/mol. The molecule has 2 aliphatic heterocycles. The molecule has 2 aromatic carbocycles. The maximum absolute atomic E-state index is 12.5. The van der Waals surface area contributed by atoms with Gasteiger partial charge in [0, 0.05) is 17.9 Å². The molecule has 0 spiro atoms. The zero-order valence-electron chi connectivity index (χ0n) is 14.1. The molecule has 2 aromatic rings. The standard InChI is InChI=1S/C20H19N3O3/c24-18-13-14-21-17(12-11-15-7-3-1-4-8-15)20(23(25)26)19(22(18)21)16-9-5-2-6-10-16/h1-12,17,19-20H,13-14H2/b12-11+/t17-,19+,20-/m1/s1. The maximum atomic E-state index is 12.5. The first-order chi connectivity index (χ1) is 12.7. The van der Waals surface area contributed by atoms with Crippen LogP contribution in [-0.4, -0.2) is 39.5 Å². The maximum Gasteiger partial charge on any atom is 0.259 e. The summed E-state index contributed by atoms with van der Waals surface area (Å²) in [5, 5.41) is 15.4. The van der Waals surface area contributed by atoms with Crippen LogP contribution >= 0.6 is 0 Å². The molecule has 0 aliphatic carbocycles. The summed E-state index contributed by atoms with van der Waals surface area (Å²) in [4.78, 5) is 24.2. The lowest BCUT2D eigenvalue weighted by Crippen LogP contribution is -2.38. The minimum atomic E-state index is -0.901. The Balaban J connectivity index is 1.74. The lowest BCUT2D eigenvalue weighted by Gasteiger charge is -2.25. The Labute approximate surface area is 151 Å². The first kappa shape index (κ1) is 16.5. The van der Waals surface area contributed by atoms with Crippen molar-refractivity contribution in [3.8, 4) is 0 Å². The number of fused-ring (bicyclic) bond motifs is 1. The van der Waals surface area contributed by atoms with Gasteiger partial charge in [-0.2, -0.15) is 0 Å². The van der Waals surface area contributed by atoms with Crippen LogP contribution in [-0.2, 0) is 4.79 Å². The minimum Gasteiger partial charge on any atom is -0.273 e. The Morgan fingerprint density at radius 2 is 1.69 bits per heavy atom. The molecule has 0 radical (unpaired) electrons. The summed E-state index contributed by atoms with van der Waals surface area (Å²) in [7, 11) is 0. The fraction of sp³-hybridized carbons (Fsp3) is 0.250. The van der Waals surface area contributed by atoms with E-state index in [0.29, 0.717) is 13.0 Å². The van der Waals surface area contributed by atoms with Crippen molar-refractivity contribution in [2.45, 2.75) is 24.5 Å². The lowest BCUT2D eigenvalue weighted by atomic mass is 9.94. The third kappa shape index (κ3) is 2.78.